The molecule has 2 amide bonds. The van der Waals surface area contributed by atoms with Crippen molar-refractivity contribution in [1.29, 1.82) is 0 Å². The molecule has 1 aliphatic rings. The van der Waals surface area contributed by atoms with E-state index < -0.39 is 40.5 Å². The molecule has 0 saturated carbocycles. The third kappa shape index (κ3) is 3.91. The predicted octanol–water partition coefficient (Wildman–Crippen LogP) is 2.06. The average molecular weight is 421 g/mol. The molecule has 9 heteroatoms. The molecule has 0 aromatic heterocycles. The number of amides is 2. The number of methoxy groups -OCH3 is 1. The fourth-order valence-corrected chi connectivity index (χ4v) is 4.22. The largest absolute Gasteiger partial charge is 0.493 e. The van der Waals surface area contributed by atoms with Crippen molar-refractivity contribution in [2.75, 3.05) is 31.4 Å². The Morgan fingerprint density at radius 1 is 1.17 bits per heavy atom. The molecule has 0 unspecified atom stereocenters. The molecule has 0 spiro atoms. The van der Waals surface area contributed by atoms with Gasteiger partial charge in [0.1, 0.15) is 9.84 Å². The van der Waals surface area contributed by atoms with Gasteiger partial charge in [-0.2, -0.15) is 0 Å². The van der Waals surface area contributed by atoms with Gasteiger partial charge in [0.2, 0.25) is 0 Å². The van der Waals surface area contributed by atoms with Gasteiger partial charge in [0.15, 0.2) is 11.5 Å². The number of carbonyl (C=O) groups is 2. The van der Waals surface area contributed by atoms with E-state index in [1.807, 2.05) is 0 Å². The lowest BCUT2D eigenvalue weighted by Crippen LogP contribution is -2.37. The molecule has 2 N–H and O–H groups in total. The van der Waals surface area contributed by atoms with Crippen molar-refractivity contribution in [3.05, 3.63) is 53.1 Å². The van der Waals surface area contributed by atoms with Gasteiger partial charge in [-0.3, -0.25) is 14.5 Å². The Kier molecular flexibility index (Phi) is 4.50. The second-order valence-electron chi connectivity index (χ2n) is 6.60. The van der Waals surface area contributed by atoms with Gasteiger partial charge < -0.3 is 15.2 Å². The summed E-state index contributed by atoms with van der Waals surface area (Å²) in [5.41, 5.74) is 6.35. The van der Waals surface area contributed by atoms with E-state index in [0.29, 0.717) is 0 Å². The third-order valence-electron chi connectivity index (χ3n) is 4.51. The quantitative estimate of drug-likeness (QED) is 0.537. The zero-order chi connectivity index (χ0) is 23.8. The Morgan fingerprint density at radius 2 is 1.93 bits per heavy atom. The Morgan fingerprint density at radius 3 is 2.55 bits per heavy atom. The van der Waals surface area contributed by atoms with Crippen LogP contribution >= 0.6 is 0 Å². The van der Waals surface area contributed by atoms with Crippen LogP contribution < -0.4 is 15.2 Å². The molecule has 1 aliphatic heterocycles. The van der Waals surface area contributed by atoms with E-state index in [2.05, 4.69) is 0 Å². The first-order valence-electron chi connectivity index (χ1n) is 10.2. The Hall–Kier alpha value is -3.07. The summed E-state index contributed by atoms with van der Waals surface area (Å²) in [6.07, 6.45) is 0.988. The molecule has 0 aliphatic carbocycles. The van der Waals surface area contributed by atoms with Crippen LogP contribution in [-0.2, 0) is 9.84 Å². The first-order valence-corrected chi connectivity index (χ1v) is 10.8. The number of nitrogen functional groups attached to an aromatic ring is 1. The third-order valence-corrected chi connectivity index (χ3v) is 5.43. The SMILES string of the molecule is [2H]C([2H])([2H])Oc1ccc([C@@H](CS(C)(=O)=O)N2C(=O)c3cccc(N)c3C2=O)cc1OCC. The van der Waals surface area contributed by atoms with Crippen LogP contribution in [0.15, 0.2) is 36.4 Å². The highest BCUT2D eigenvalue weighted by molar-refractivity contribution is 7.90. The topological polar surface area (TPSA) is 116 Å². The van der Waals surface area contributed by atoms with Crippen molar-refractivity contribution >= 4 is 27.3 Å². The first-order chi connectivity index (χ1) is 14.8. The number of imide groups is 1. The number of rotatable bonds is 7. The zero-order valence-corrected chi connectivity index (χ0v) is 16.7. The molecule has 1 heterocycles. The normalized spacial score (nSPS) is 16.6. The van der Waals surface area contributed by atoms with E-state index in [1.165, 1.54) is 36.4 Å². The standard InChI is InChI=1S/C20H22N2O6S/c1-4-28-17-10-12(8-9-16(17)27-2)15(11-29(3,25)26)22-19(23)13-6-5-7-14(21)18(13)20(22)24/h5-10,15H,4,11,21H2,1-3H3/t15-/m1/s1/i2D3. The van der Waals surface area contributed by atoms with E-state index >= 15 is 0 Å². The molecule has 29 heavy (non-hydrogen) atoms. The molecule has 1 atom stereocenters. The van der Waals surface area contributed by atoms with Crippen molar-refractivity contribution in [3.63, 3.8) is 0 Å². The first kappa shape index (κ1) is 16.8. The van der Waals surface area contributed by atoms with Crippen molar-refractivity contribution < 1.29 is 31.6 Å². The lowest BCUT2D eigenvalue weighted by atomic mass is 10.1. The molecule has 8 nitrogen and oxygen atoms in total. The minimum Gasteiger partial charge on any atom is -0.493 e. The van der Waals surface area contributed by atoms with E-state index in [9.17, 15) is 18.0 Å². The van der Waals surface area contributed by atoms with Crippen molar-refractivity contribution in [1.82, 2.24) is 4.90 Å². The highest BCUT2D eigenvalue weighted by atomic mass is 32.2. The monoisotopic (exact) mass is 421 g/mol. The minimum atomic E-state index is -3.66. The van der Waals surface area contributed by atoms with Crippen LogP contribution in [0.3, 0.4) is 0 Å². The van der Waals surface area contributed by atoms with Crippen LogP contribution in [0.1, 0.15) is 43.4 Å². The number of nitrogens with two attached hydrogens (primary N) is 1. The Labute approximate surface area is 173 Å². The van der Waals surface area contributed by atoms with Crippen LogP contribution in [0.5, 0.6) is 11.5 Å². The Balaban J connectivity index is 2.11. The molecule has 3 rings (SSSR count). The van der Waals surface area contributed by atoms with E-state index in [4.69, 9.17) is 19.3 Å². The summed E-state index contributed by atoms with van der Waals surface area (Å²) in [5.74, 6) is -1.98. The van der Waals surface area contributed by atoms with E-state index in [0.717, 1.165) is 11.2 Å². The van der Waals surface area contributed by atoms with Crippen LogP contribution in [0.4, 0.5) is 5.69 Å². The van der Waals surface area contributed by atoms with E-state index in [-0.39, 0.29) is 40.5 Å². The van der Waals surface area contributed by atoms with Gasteiger partial charge in [0.25, 0.3) is 11.8 Å². The van der Waals surface area contributed by atoms with Gasteiger partial charge in [0.05, 0.1) is 40.7 Å². The molecular weight excluding hydrogens is 396 g/mol. The maximum Gasteiger partial charge on any atom is 0.264 e. The molecule has 0 bridgehead atoms. The second-order valence-corrected chi connectivity index (χ2v) is 8.78. The van der Waals surface area contributed by atoms with E-state index in [1.54, 1.807) is 6.92 Å². The number of sulfone groups is 1. The number of benzene rings is 2. The molecule has 0 radical (unpaired) electrons. The van der Waals surface area contributed by atoms with Crippen molar-refractivity contribution in [2.45, 2.75) is 13.0 Å². The summed E-state index contributed by atoms with van der Waals surface area (Å²) < 4.78 is 56.7. The van der Waals surface area contributed by atoms with Gasteiger partial charge in [-0.05, 0) is 36.8 Å². The number of carbonyl (C=O) groups excluding carboxylic acids is 2. The minimum absolute atomic E-state index is 0.0170. The number of hydrogen-bond acceptors (Lipinski definition) is 7. The number of anilines is 1. The summed E-state index contributed by atoms with van der Waals surface area (Å²) in [4.78, 5) is 27.0. The van der Waals surface area contributed by atoms with Gasteiger partial charge >= 0.3 is 0 Å². The van der Waals surface area contributed by atoms with Crippen LogP contribution in [0.2, 0.25) is 0 Å². The summed E-state index contributed by atoms with van der Waals surface area (Å²) in [5, 5.41) is 0. The van der Waals surface area contributed by atoms with Crippen molar-refractivity contribution in [2.24, 2.45) is 0 Å². The van der Waals surface area contributed by atoms with Gasteiger partial charge in [-0.25, -0.2) is 8.42 Å². The summed E-state index contributed by atoms with van der Waals surface area (Å²) >= 11 is 0. The van der Waals surface area contributed by atoms with Crippen LogP contribution in [-0.4, -0.2) is 50.8 Å². The number of hydrogen-bond donors (Lipinski definition) is 1. The molecule has 2 aromatic rings. The lowest BCUT2D eigenvalue weighted by Gasteiger charge is -2.26. The van der Waals surface area contributed by atoms with Gasteiger partial charge in [0, 0.05) is 11.9 Å². The number of ether oxygens (including phenoxy) is 2. The summed E-state index contributed by atoms with van der Waals surface area (Å²) in [7, 11) is -6.39. The fraction of sp³-hybridized carbons (Fsp3) is 0.300. The Bertz CT molecular complexity index is 1180. The average Bonchev–Trinajstić information content (AvgIpc) is 2.91. The molecule has 154 valence electrons. The smallest absolute Gasteiger partial charge is 0.264 e. The maximum atomic E-state index is 13.1. The van der Waals surface area contributed by atoms with Crippen molar-refractivity contribution in [3.8, 4) is 11.5 Å². The highest BCUT2D eigenvalue weighted by Gasteiger charge is 2.43. The lowest BCUT2D eigenvalue weighted by molar-refractivity contribution is 0.0598. The van der Waals surface area contributed by atoms with Crippen LogP contribution in [0.25, 0.3) is 0 Å². The predicted molar refractivity (Wildman–Crippen MR) is 108 cm³/mol. The molecule has 2 aromatic carbocycles. The maximum absolute atomic E-state index is 13.1. The van der Waals surface area contributed by atoms with Gasteiger partial charge in [-0.15, -0.1) is 0 Å². The van der Waals surface area contributed by atoms with Gasteiger partial charge in [-0.1, -0.05) is 12.1 Å². The molecule has 0 fully saturated rings. The number of fused-ring (bicyclic) bond motifs is 1. The molecule has 0 saturated heterocycles. The van der Waals surface area contributed by atoms with Crippen LogP contribution in [0, 0.1) is 0 Å². The zero-order valence-electron chi connectivity index (χ0n) is 18.8. The molecular formula is C20H22N2O6S. The summed E-state index contributed by atoms with van der Waals surface area (Å²) in [6.45, 7) is 1.84. The second kappa shape index (κ2) is 7.75. The number of nitrogens with zero attached hydrogens (tertiary/aromatic N) is 1. The fourth-order valence-electron chi connectivity index (χ4n) is 3.30. The summed E-state index contributed by atoms with van der Waals surface area (Å²) in [6, 6.07) is 7.32. The highest BCUT2D eigenvalue weighted by Crippen LogP contribution is 2.37.